The van der Waals surface area contributed by atoms with Crippen molar-refractivity contribution in [2.45, 2.75) is 111 Å². The highest BCUT2D eigenvalue weighted by atomic mass is 31.2. The molecule has 4 heteroatoms. The van der Waals surface area contributed by atoms with Crippen LogP contribution in [-0.2, 0) is 13.6 Å². The molecule has 0 radical (unpaired) electrons. The van der Waals surface area contributed by atoms with Gasteiger partial charge in [0, 0.05) is 0 Å². The van der Waals surface area contributed by atoms with Crippen LogP contribution in [0.4, 0.5) is 0 Å². The summed E-state index contributed by atoms with van der Waals surface area (Å²) in [6.07, 6.45) is 19.2. The first-order valence-electron chi connectivity index (χ1n) is 10.6. The average molecular weight is 363 g/mol. The lowest BCUT2D eigenvalue weighted by Crippen LogP contribution is -2.00. The minimum absolute atomic E-state index is 0.468. The number of hydrogen-bond donors (Lipinski definition) is 0. The molecule has 0 atom stereocenters. The summed E-state index contributed by atoms with van der Waals surface area (Å²) in [4.78, 5) is 0. The van der Waals surface area contributed by atoms with Crippen LogP contribution in [0.25, 0.3) is 0 Å². The van der Waals surface area contributed by atoms with E-state index >= 15 is 0 Å². The Hall–Kier alpha value is 0.150. The Morgan fingerprint density at radius 1 is 0.542 bits per heavy atom. The summed E-state index contributed by atoms with van der Waals surface area (Å²) in [7, 11) is -2.80. The maximum Gasteiger partial charge on any atom is 0.330 e. The van der Waals surface area contributed by atoms with Gasteiger partial charge in [-0.05, 0) is 20.3 Å². The molecule has 0 rings (SSSR count). The second kappa shape index (κ2) is 18.0. The van der Waals surface area contributed by atoms with Crippen molar-refractivity contribution in [1.29, 1.82) is 0 Å². The monoisotopic (exact) mass is 362 g/mol. The number of hydrogen-bond acceptors (Lipinski definition) is 3. The fourth-order valence-corrected chi connectivity index (χ4v) is 4.79. The molecule has 0 saturated heterocycles. The van der Waals surface area contributed by atoms with Gasteiger partial charge in [0.25, 0.3) is 0 Å². The summed E-state index contributed by atoms with van der Waals surface area (Å²) in [5.74, 6) is 0. The van der Waals surface area contributed by atoms with Crippen molar-refractivity contribution in [2.75, 3.05) is 19.4 Å². The lowest BCUT2D eigenvalue weighted by molar-refractivity contribution is 0.219. The van der Waals surface area contributed by atoms with Gasteiger partial charge in [-0.25, -0.2) is 0 Å². The predicted octanol–water partition coefficient (Wildman–Crippen LogP) is 7.73. The molecule has 3 nitrogen and oxygen atoms in total. The standard InChI is InChI=1S/C20H43O3P/c1-4-7-8-9-10-11-12-13-14-15-16-17-18-19-20-24(21,22-5-2)23-6-3/h4-20H2,1-3H3. The minimum Gasteiger partial charge on any atom is -0.309 e. The summed E-state index contributed by atoms with van der Waals surface area (Å²) in [6, 6.07) is 0. The molecule has 0 fully saturated rings. The van der Waals surface area contributed by atoms with E-state index in [1.165, 1.54) is 77.0 Å². The van der Waals surface area contributed by atoms with Crippen LogP contribution in [0.1, 0.15) is 111 Å². The first-order chi connectivity index (χ1) is 11.7. The van der Waals surface area contributed by atoms with Crippen molar-refractivity contribution in [1.82, 2.24) is 0 Å². The highest BCUT2D eigenvalue weighted by Gasteiger charge is 2.22. The molecule has 0 unspecified atom stereocenters. The van der Waals surface area contributed by atoms with Crippen LogP contribution in [0, 0.1) is 0 Å². The van der Waals surface area contributed by atoms with Crippen molar-refractivity contribution in [3.63, 3.8) is 0 Å². The van der Waals surface area contributed by atoms with Crippen molar-refractivity contribution in [2.24, 2.45) is 0 Å². The van der Waals surface area contributed by atoms with Gasteiger partial charge < -0.3 is 9.05 Å². The molecule has 0 amide bonds. The number of unbranched alkanes of at least 4 members (excludes halogenated alkanes) is 13. The van der Waals surface area contributed by atoms with E-state index in [-0.39, 0.29) is 0 Å². The Morgan fingerprint density at radius 2 is 0.875 bits per heavy atom. The van der Waals surface area contributed by atoms with Crippen LogP contribution in [0.5, 0.6) is 0 Å². The second-order valence-electron chi connectivity index (χ2n) is 6.77. The van der Waals surface area contributed by atoms with Gasteiger partial charge in [0.2, 0.25) is 0 Å². The molecule has 0 aliphatic carbocycles. The fourth-order valence-electron chi connectivity index (χ4n) is 3.06. The lowest BCUT2D eigenvalue weighted by atomic mass is 10.0. The Kier molecular flexibility index (Phi) is 18.1. The summed E-state index contributed by atoms with van der Waals surface area (Å²) >= 11 is 0. The van der Waals surface area contributed by atoms with Crippen LogP contribution in [-0.4, -0.2) is 19.4 Å². The van der Waals surface area contributed by atoms with Crippen molar-refractivity contribution in [3.05, 3.63) is 0 Å². The first-order valence-corrected chi connectivity index (χ1v) is 12.3. The van der Waals surface area contributed by atoms with E-state index in [0.29, 0.717) is 19.4 Å². The molecule has 0 N–H and O–H groups in total. The van der Waals surface area contributed by atoms with E-state index in [4.69, 9.17) is 9.05 Å². The van der Waals surface area contributed by atoms with Gasteiger partial charge in [0.15, 0.2) is 0 Å². The highest BCUT2D eigenvalue weighted by Crippen LogP contribution is 2.48. The number of rotatable bonds is 19. The predicted molar refractivity (Wildman–Crippen MR) is 106 cm³/mol. The van der Waals surface area contributed by atoms with E-state index in [1.807, 2.05) is 13.8 Å². The maximum atomic E-state index is 12.3. The molecule has 0 bridgehead atoms. The molecule has 146 valence electrons. The molecule has 0 aromatic rings. The molecule has 0 aliphatic heterocycles. The third kappa shape index (κ3) is 15.7. The van der Waals surface area contributed by atoms with E-state index in [0.717, 1.165) is 12.8 Å². The van der Waals surface area contributed by atoms with Crippen LogP contribution in [0.15, 0.2) is 0 Å². The van der Waals surface area contributed by atoms with Crippen molar-refractivity contribution < 1.29 is 13.6 Å². The molecule has 0 heterocycles. The Balaban J connectivity index is 3.31. The zero-order valence-electron chi connectivity index (χ0n) is 16.7. The zero-order chi connectivity index (χ0) is 17.9. The summed E-state index contributed by atoms with van der Waals surface area (Å²) in [5, 5.41) is 0. The van der Waals surface area contributed by atoms with Gasteiger partial charge in [0.05, 0.1) is 19.4 Å². The van der Waals surface area contributed by atoms with Crippen molar-refractivity contribution in [3.8, 4) is 0 Å². The molecule has 0 saturated carbocycles. The summed E-state index contributed by atoms with van der Waals surface area (Å²) in [6.45, 7) is 6.95. The maximum absolute atomic E-state index is 12.3. The molecule has 0 spiro atoms. The van der Waals surface area contributed by atoms with Gasteiger partial charge in [-0.1, -0.05) is 90.4 Å². The van der Waals surface area contributed by atoms with Gasteiger partial charge in [0.1, 0.15) is 0 Å². The molecular formula is C20H43O3P. The summed E-state index contributed by atoms with van der Waals surface area (Å²) in [5.41, 5.74) is 0. The Labute approximate surface area is 151 Å². The topological polar surface area (TPSA) is 35.5 Å². The van der Waals surface area contributed by atoms with E-state index < -0.39 is 7.60 Å². The highest BCUT2D eigenvalue weighted by molar-refractivity contribution is 7.53. The van der Waals surface area contributed by atoms with Crippen LogP contribution in [0.2, 0.25) is 0 Å². The third-order valence-corrected chi connectivity index (χ3v) is 6.60. The first kappa shape index (κ1) is 24.1. The summed E-state index contributed by atoms with van der Waals surface area (Å²) < 4.78 is 22.9. The fraction of sp³-hybridized carbons (Fsp3) is 1.00. The zero-order valence-corrected chi connectivity index (χ0v) is 17.6. The minimum atomic E-state index is -2.80. The molecule has 0 aromatic heterocycles. The van der Waals surface area contributed by atoms with Gasteiger partial charge >= 0.3 is 7.60 Å². The van der Waals surface area contributed by atoms with Crippen LogP contribution < -0.4 is 0 Å². The molecular weight excluding hydrogens is 319 g/mol. The van der Waals surface area contributed by atoms with Gasteiger partial charge in [-0.3, -0.25) is 4.57 Å². The largest absolute Gasteiger partial charge is 0.330 e. The smallest absolute Gasteiger partial charge is 0.309 e. The Morgan fingerprint density at radius 3 is 1.21 bits per heavy atom. The van der Waals surface area contributed by atoms with Gasteiger partial charge in [-0.15, -0.1) is 0 Å². The second-order valence-corrected chi connectivity index (χ2v) is 8.95. The molecule has 24 heavy (non-hydrogen) atoms. The quantitative estimate of drug-likeness (QED) is 0.174. The normalized spacial score (nSPS) is 12.0. The van der Waals surface area contributed by atoms with E-state index in [9.17, 15) is 4.57 Å². The average Bonchev–Trinajstić information content (AvgIpc) is 2.55. The molecule has 0 aliphatic rings. The van der Waals surface area contributed by atoms with E-state index in [2.05, 4.69) is 6.92 Å². The lowest BCUT2D eigenvalue weighted by Gasteiger charge is -2.16. The van der Waals surface area contributed by atoms with Crippen LogP contribution in [0.3, 0.4) is 0 Å². The third-order valence-electron chi connectivity index (χ3n) is 4.44. The Bertz CT molecular complexity index is 285. The molecule has 0 aromatic carbocycles. The van der Waals surface area contributed by atoms with Crippen molar-refractivity contribution >= 4 is 7.60 Å². The van der Waals surface area contributed by atoms with Gasteiger partial charge in [-0.2, -0.15) is 0 Å². The van der Waals surface area contributed by atoms with Crippen LogP contribution >= 0.6 is 7.60 Å². The SMILES string of the molecule is CCCCCCCCCCCCCCCCP(=O)(OCC)OCC. The van der Waals surface area contributed by atoms with E-state index in [1.54, 1.807) is 0 Å².